The van der Waals surface area contributed by atoms with Crippen LogP contribution in [0.25, 0.3) is 0 Å². The molecule has 4 nitrogen and oxygen atoms in total. The van der Waals surface area contributed by atoms with Crippen molar-refractivity contribution in [3.8, 4) is 0 Å². The van der Waals surface area contributed by atoms with E-state index in [-0.39, 0.29) is 6.04 Å². The van der Waals surface area contributed by atoms with Crippen LogP contribution in [-0.2, 0) is 16.6 Å². The van der Waals surface area contributed by atoms with E-state index < -0.39 is 10.0 Å². The van der Waals surface area contributed by atoms with Crippen LogP contribution in [0.5, 0.6) is 0 Å². The molecule has 19 heavy (non-hydrogen) atoms. The summed E-state index contributed by atoms with van der Waals surface area (Å²) in [5, 5.41) is 3.18. The van der Waals surface area contributed by atoms with Crippen LogP contribution < -0.4 is 10.0 Å². The van der Waals surface area contributed by atoms with Crippen LogP contribution in [-0.4, -0.2) is 21.0 Å². The lowest BCUT2D eigenvalue weighted by Crippen LogP contribution is -2.32. The average molecular weight is 349 g/mol. The third-order valence-electron chi connectivity index (χ3n) is 2.83. The Kier molecular flexibility index (Phi) is 6.46. The Morgan fingerprint density at radius 2 is 2.00 bits per heavy atom. The first-order valence-corrected chi connectivity index (χ1v) is 8.69. The molecule has 0 aliphatic rings. The van der Waals surface area contributed by atoms with E-state index in [0.717, 1.165) is 18.5 Å². The fourth-order valence-corrected chi connectivity index (χ4v) is 3.89. The summed E-state index contributed by atoms with van der Waals surface area (Å²) in [6.07, 6.45) is 0.758. The zero-order chi connectivity index (χ0) is 14.5. The van der Waals surface area contributed by atoms with E-state index in [0.29, 0.717) is 15.9 Å². The third kappa shape index (κ3) is 4.87. The van der Waals surface area contributed by atoms with Crippen LogP contribution in [0.1, 0.15) is 32.8 Å². The van der Waals surface area contributed by atoms with Crippen LogP contribution in [0.15, 0.2) is 27.6 Å². The van der Waals surface area contributed by atoms with E-state index in [2.05, 4.69) is 26.0 Å². The van der Waals surface area contributed by atoms with Gasteiger partial charge < -0.3 is 5.32 Å². The minimum atomic E-state index is -3.47. The summed E-state index contributed by atoms with van der Waals surface area (Å²) in [6, 6.07) is 5.32. The molecule has 1 atom stereocenters. The highest BCUT2D eigenvalue weighted by molar-refractivity contribution is 9.10. The van der Waals surface area contributed by atoms with Crippen molar-refractivity contribution in [1.29, 1.82) is 0 Å². The smallest absolute Gasteiger partial charge is 0.241 e. The molecule has 0 amide bonds. The first-order chi connectivity index (χ1) is 8.90. The average Bonchev–Trinajstić information content (AvgIpc) is 2.37. The minimum absolute atomic E-state index is 0.0747. The summed E-state index contributed by atoms with van der Waals surface area (Å²) in [4.78, 5) is 0.295. The normalized spacial score (nSPS) is 13.5. The van der Waals surface area contributed by atoms with Gasteiger partial charge in [0.2, 0.25) is 10.0 Å². The Morgan fingerprint density at radius 1 is 1.32 bits per heavy atom. The van der Waals surface area contributed by atoms with E-state index in [1.54, 1.807) is 12.1 Å². The molecule has 0 saturated carbocycles. The summed E-state index contributed by atoms with van der Waals surface area (Å²) >= 11 is 3.31. The first-order valence-electron chi connectivity index (χ1n) is 6.42. The topological polar surface area (TPSA) is 58.2 Å². The zero-order valence-corrected chi connectivity index (χ0v) is 13.9. The second-order valence-corrected chi connectivity index (χ2v) is 7.01. The quantitative estimate of drug-likeness (QED) is 0.796. The summed E-state index contributed by atoms with van der Waals surface area (Å²) < 4.78 is 27.8. The first kappa shape index (κ1) is 16.6. The van der Waals surface area contributed by atoms with Gasteiger partial charge in [-0.2, -0.15) is 0 Å². The van der Waals surface area contributed by atoms with Gasteiger partial charge in [-0.25, -0.2) is 13.1 Å². The maximum atomic E-state index is 12.3. The molecule has 0 heterocycles. The Labute approximate surface area is 124 Å². The Hall–Kier alpha value is -0.430. The fraction of sp³-hybridized carbons (Fsp3) is 0.538. The minimum Gasteiger partial charge on any atom is -0.313 e. The van der Waals surface area contributed by atoms with Gasteiger partial charge >= 0.3 is 0 Å². The van der Waals surface area contributed by atoms with Gasteiger partial charge in [0.05, 0.1) is 4.90 Å². The maximum absolute atomic E-state index is 12.3. The van der Waals surface area contributed by atoms with Crippen molar-refractivity contribution in [2.75, 3.05) is 6.54 Å². The number of halogens is 1. The molecule has 0 bridgehead atoms. The molecule has 0 radical (unpaired) electrons. The summed E-state index contributed by atoms with van der Waals surface area (Å²) in [6.45, 7) is 7.33. The number of hydrogen-bond acceptors (Lipinski definition) is 3. The monoisotopic (exact) mass is 348 g/mol. The Morgan fingerprint density at radius 3 is 2.58 bits per heavy atom. The molecular weight excluding hydrogens is 328 g/mol. The van der Waals surface area contributed by atoms with E-state index in [4.69, 9.17) is 0 Å². The molecule has 1 unspecified atom stereocenters. The summed E-state index contributed by atoms with van der Waals surface area (Å²) in [7, 11) is -3.47. The van der Waals surface area contributed by atoms with Crippen LogP contribution in [0, 0.1) is 0 Å². The van der Waals surface area contributed by atoms with Crippen molar-refractivity contribution < 1.29 is 8.42 Å². The largest absolute Gasteiger partial charge is 0.313 e. The van der Waals surface area contributed by atoms with Crippen molar-refractivity contribution in [2.24, 2.45) is 0 Å². The Bertz CT molecular complexity index is 517. The fourth-order valence-electron chi connectivity index (χ4n) is 1.54. The molecule has 0 spiro atoms. The van der Waals surface area contributed by atoms with E-state index >= 15 is 0 Å². The summed E-state index contributed by atoms with van der Waals surface area (Å²) in [5.74, 6) is 0. The lowest BCUT2D eigenvalue weighted by Gasteiger charge is -2.14. The van der Waals surface area contributed by atoms with Gasteiger partial charge in [-0.1, -0.05) is 19.9 Å². The van der Waals surface area contributed by atoms with Crippen molar-refractivity contribution in [3.05, 3.63) is 28.2 Å². The maximum Gasteiger partial charge on any atom is 0.241 e. The molecular formula is C13H21BrN2O2S. The van der Waals surface area contributed by atoms with Crippen LogP contribution in [0.3, 0.4) is 0 Å². The SMILES string of the molecule is CCNCc1ccc(Br)c(S(=O)(=O)NC(C)CC)c1. The molecule has 6 heteroatoms. The zero-order valence-electron chi connectivity index (χ0n) is 11.5. The van der Waals surface area contributed by atoms with Crippen LogP contribution in [0.4, 0.5) is 0 Å². The molecule has 2 N–H and O–H groups in total. The predicted octanol–water partition coefficient (Wildman–Crippen LogP) is 2.64. The van der Waals surface area contributed by atoms with Crippen molar-refractivity contribution >= 4 is 26.0 Å². The molecule has 108 valence electrons. The highest BCUT2D eigenvalue weighted by Gasteiger charge is 2.19. The number of benzene rings is 1. The molecule has 0 aliphatic heterocycles. The molecule has 1 rings (SSSR count). The van der Waals surface area contributed by atoms with Gasteiger partial charge in [-0.05, 0) is 53.5 Å². The predicted molar refractivity (Wildman–Crippen MR) is 81.6 cm³/mol. The third-order valence-corrected chi connectivity index (χ3v) is 5.42. The molecule has 1 aromatic rings. The van der Waals surface area contributed by atoms with Gasteiger partial charge in [-0.3, -0.25) is 0 Å². The van der Waals surface area contributed by atoms with Crippen molar-refractivity contribution in [2.45, 2.75) is 44.7 Å². The van der Waals surface area contributed by atoms with E-state index in [1.165, 1.54) is 0 Å². The number of sulfonamides is 1. The number of nitrogens with one attached hydrogen (secondary N) is 2. The molecule has 0 saturated heterocycles. The van der Waals surface area contributed by atoms with Crippen molar-refractivity contribution in [3.63, 3.8) is 0 Å². The standard InChI is InChI=1S/C13H21BrN2O2S/c1-4-10(3)16-19(17,18)13-8-11(9-15-5-2)6-7-12(13)14/h6-8,10,15-16H,4-5,9H2,1-3H3. The lowest BCUT2D eigenvalue weighted by molar-refractivity contribution is 0.555. The molecule has 0 aromatic heterocycles. The highest BCUT2D eigenvalue weighted by atomic mass is 79.9. The van der Waals surface area contributed by atoms with Gasteiger partial charge in [0, 0.05) is 17.1 Å². The second-order valence-electron chi connectivity index (χ2n) is 4.48. The van der Waals surface area contributed by atoms with Gasteiger partial charge in [-0.15, -0.1) is 0 Å². The number of hydrogen-bond donors (Lipinski definition) is 2. The second kappa shape index (κ2) is 7.38. The van der Waals surface area contributed by atoms with E-state index in [9.17, 15) is 8.42 Å². The molecule has 0 fully saturated rings. The Balaban J connectivity index is 3.04. The lowest BCUT2D eigenvalue weighted by atomic mass is 10.2. The molecule has 1 aromatic carbocycles. The highest BCUT2D eigenvalue weighted by Crippen LogP contribution is 2.23. The van der Waals surface area contributed by atoms with Gasteiger partial charge in [0.1, 0.15) is 0 Å². The van der Waals surface area contributed by atoms with Gasteiger partial charge in [0.15, 0.2) is 0 Å². The number of rotatable bonds is 7. The van der Waals surface area contributed by atoms with Crippen LogP contribution in [0.2, 0.25) is 0 Å². The summed E-state index contributed by atoms with van der Waals surface area (Å²) in [5.41, 5.74) is 0.953. The van der Waals surface area contributed by atoms with Crippen molar-refractivity contribution in [1.82, 2.24) is 10.0 Å². The van der Waals surface area contributed by atoms with Crippen LogP contribution >= 0.6 is 15.9 Å². The molecule has 0 aliphatic carbocycles. The van der Waals surface area contributed by atoms with E-state index in [1.807, 2.05) is 26.8 Å². The van der Waals surface area contributed by atoms with Gasteiger partial charge in [0.25, 0.3) is 0 Å².